The number of aryl methyl sites for hydroxylation is 1. The Labute approximate surface area is 153 Å². The number of fused-ring (bicyclic) bond motifs is 2. The number of nitrogens with one attached hydrogen (secondary N) is 1. The molecule has 8 heteroatoms. The molecule has 8 nitrogen and oxygen atoms in total. The Bertz CT molecular complexity index is 775. The lowest BCUT2D eigenvalue weighted by Gasteiger charge is -2.41. The summed E-state index contributed by atoms with van der Waals surface area (Å²) in [6.45, 7) is 3.75. The Kier molecular flexibility index (Phi) is 4.48. The Hall–Kier alpha value is -2.64. The van der Waals surface area contributed by atoms with Crippen LogP contribution in [-0.4, -0.2) is 55.7 Å². The standard InChI is InChI=1S/C18H25N7O/c1-3-4-17(26)25-14-5-6-15(25)12-24(11-14)16-7-8-19-18(22-16)21-13-9-20-23(2)10-13/h7-10,14-15H,3-6,11-12H2,1-2H3,(H,19,21,22)/t14-,15+. The first-order valence-corrected chi connectivity index (χ1v) is 9.29. The number of aromatic nitrogens is 4. The Morgan fingerprint density at radius 2 is 2.08 bits per heavy atom. The molecule has 1 N–H and O–H groups in total. The van der Waals surface area contributed by atoms with E-state index in [0.717, 1.165) is 43.9 Å². The number of carbonyl (C=O) groups is 1. The van der Waals surface area contributed by atoms with Crippen LogP contribution in [0.4, 0.5) is 17.5 Å². The molecule has 138 valence electrons. The van der Waals surface area contributed by atoms with Crippen LogP contribution in [-0.2, 0) is 11.8 Å². The lowest BCUT2D eigenvalue weighted by Crippen LogP contribution is -2.56. The van der Waals surface area contributed by atoms with Crippen molar-refractivity contribution in [3.8, 4) is 0 Å². The maximum Gasteiger partial charge on any atom is 0.229 e. The Morgan fingerprint density at radius 3 is 2.73 bits per heavy atom. The molecule has 2 bridgehead atoms. The summed E-state index contributed by atoms with van der Waals surface area (Å²) >= 11 is 0. The summed E-state index contributed by atoms with van der Waals surface area (Å²) in [7, 11) is 1.87. The van der Waals surface area contributed by atoms with Gasteiger partial charge in [0.2, 0.25) is 11.9 Å². The van der Waals surface area contributed by atoms with Gasteiger partial charge < -0.3 is 15.1 Å². The zero-order valence-electron chi connectivity index (χ0n) is 15.3. The predicted octanol–water partition coefficient (Wildman–Crippen LogP) is 1.93. The number of carbonyl (C=O) groups excluding carboxylic acids is 1. The fourth-order valence-corrected chi connectivity index (χ4v) is 4.04. The molecular weight excluding hydrogens is 330 g/mol. The number of anilines is 3. The molecule has 2 aliphatic heterocycles. The molecule has 0 unspecified atom stereocenters. The van der Waals surface area contributed by atoms with Gasteiger partial charge in [-0.1, -0.05) is 6.92 Å². The molecule has 2 saturated heterocycles. The van der Waals surface area contributed by atoms with E-state index in [-0.39, 0.29) is 0 Å². The molecule has 4 rings (SSSR count). The molecule has 2 aromatic heterocycles. The largest absolute Gasteiger partial charge is 0.352 e. The summed E-state index contributed by atoms with van der Waals surface area (Å²) < 4.78 is 1.73. The second kappa shape index (κ2) is 6.93. The summed E-state index contributed by atoms with van der Waals surface area (Å²) in [4.78, 5) is 25.8. The Balaban J connectivity index is 1.47. The topological polar surface area (TPSA) is 79.2 Å². The minimum absolute atomic E-state index is 0.303. The number of hydrogen-bond donors (Lipinski definition) is 1. The summed E-state index contributed by atoms with van der Waals surface area (Å²) in [5.41, 5.74) is 0.861. The summed E-state index contributed by atoms with van der Waals surface area (Å²) in [6, 6.07) is 2.55. The highest BCUT2D eigenvalue weighted by Crippen LogP contribution is 2.33. The van der Waals surface area contributed by atoms with E-state index in [1.807, 2.05) is 19.3 Å². The number of hydrogen-bond acceptors (Lipinski definition) is 6. The smallest absolute Gasteiger partial charge is 0.229 e. The van der Waals surface area contributed by atoms with Crippen LogP contribution < -0.4 is 10.2 Å². The van der Waals surface area contributed by atoms with E-state index in [0.29, 0.717) is 30.4 Å². The highest BCUT2D eigenvalue weighted by Gasteiger charge is 2.42. The molecule has 4 heterocycles. The minimum Gasteiger partial charge on any atom is -0.352 e. The summed E-state index contributed by atoms with van der Waals surface area (Å²) in [5, 5.41) is 7.33. The SMILES string of the molecule is CCCC(=O)N1[C@@H]2CC[C@H]1CN(c1ccnc(Nc3cnn(C)c3)n1)C2. The third-order valence-electron chi connectivity index (χ3n) is 5.16. The van der Waals surface area contributed by atoms with E-state index in [1.54, 1.807) is 17.1 Å². The fourth-order valence-electron chi connectivity index (χ4n) is 4.04. The van der Waals surface area contributed by atoms with Crippen LogP contribution in [0.2, 0.25) is 0 Å². The van der Waals surface area contributed by atoms with E-state index in [9.17, 15) is 4.79 Å². The zero-order chi connectivity index (χ0) is 18.1. The van der Waals surface area contributed by atoms with Crippen molar-refractivity contribution in [3.63, 3.8) is 0 Å². The number of nitrogens with zero attached hydrogens (tertiary/aromatic N) is 6. The van der Waals surface area contributed by atoms with E-state index >= 15 is 0 Å². The molecule has 2 aromatic rings. The second-order valence-corrected chi connectivity index (χ2v) is 7.11. The molecule has 2 aliphatic rings. The Morgan fingerprint density at radius 1 is 1.31 bits per heavy atom. The monoisotopic (exact) mass is 355 g/mol. The van der Waals surface area contributed by atoms with Crippen molar-refractivity contribution in [1.29, 1.82) is 0 Å². The quantitative estimate of drug-likeness (QED) is 0.883. The average molecular weight is 355 g/mol. The van der Waals surface area contributed by atoms with Gasteiger partial charge in [0.05, 0.1) is 11.9 Å². The molecule has 2 atom stereocenters. The van der Waals surface area contributed by atoms with Crippen LogP contribution in [0.5, 0.6) is 0 Å². The van der Waals surface area contributed by atoms with Crippen molar-refractivity contribution in [2.24, 2.45) is 7.05 Å². The summed E-state index contributed by atoms with van der Waals surface area (Å²) in [6.07, 6.45) is 9.14. The molecule has 0 aliphatic carbocycles. The van der Waals surface area contributed by atoms with E-state index < -0.39 is 0 Å². The van der Waals surface area contributed by atoms with Gasteiger partial charge in [-0.25, -0.2) is 4.98 Å². The van der Waals surface area contributed by atoms with Gasteiger partial charge in [-0.15, -0.1) is 0 Å². The van der Waals surface area contributed by atoms with E-state index in [1.165, 1.54) is 0 Å². The fraction of sp³-hybridized carbons (Fsp3) is 0.556. The van der Waals surface area contributed by atoms with Gasteiger partial charge in [-0.05, 0) is 25.3 Å². The van der Waals surface area contributed by atoms with Gasteiger partial charge in [0.1, 0.15) is 5.82 Å². The summed E-state index contributed by atoms with van der Waals surface area (Å²) in [5.74, 6) is 1.78. The van der Waals surface area contributed by atoms with Gasteiger partial charge in [-0.3, -0.25) is 9.48 Å². The molecule has 26 heavy (non-hydrogen) atoms. The average Bonchev–Trinajstić information content (AvgIpc) is 3.15. The van der Waals surface area contributed by atoms with Crippen LogP contribution in [0.1, 0.15) is 32.6 Å². The highest BCUT2D eigenvalue weighted by atomic mass is 16.2. The van der Waals surface area contributed by atoms with Crippen LogP contribution in [0.15, 0.2) is 24.7 Å². The molecule has 0 spiro atoms. The normalized spacial score (nSPS) is 21.9. The highest BCUT2D eigenvalue weighted by molar-refractivity contribution is 5.77. The maximum absolute atomic E-state index is 12.4. The van der Waals surface area contributed by atoms with Gasteiger partial charge in [0.15, 0.2) is 0 Å². The van der Waals surface area contributed by atoms with Gasteiger partial charge in [-0.2, -0.15) is 10.1 Å². The first kappa shape index (κ1) is 16.8. The number of amides is 1. The third kappa shape index (κ3) is 3.23. The lowest BCUT2D eigenvalue weighted by atomic mass is 10.1. The molecule has 2 fully saturated rings. The second-order valence-electron chi connectivity index (χ2n) is 7.11. The van der Waals surface area contributed by atoms with Crippen LogP contribution in [0.25, 0.3) is 0 Å². The predicted molar refractivity (Wildman–Crippen MR) is 99.3 cm³/mol. The van der Waals surface area contributed by atoms with Crippen LogP contribution in [0.3, 0.4) is 0 Å². The van der Waals surface area contributed by atoms with Crippen molar-refractivity contribution in [2.75, 3.05) is 23.3 Å². The van der Waals surface area contributed by atoms with Crippen LogP contribution in [0, 0.1) is 0 Å². The van der Waals surface area contributed by atoms with Gasteiger partial charge >= 0.3 is 0 Å². The molecule has 0 saturated carbocycles. The van der Waals surface area contributed by atoms with Crippen molar-refractivity contribution >= 4 is 23.4 Å². The van der Waals surface area contributed by atoms with Crippen molar-refractivity contribution in [2.45, 2.75) is 44.7 Å². The van der Waals surface area contributed by atoms with Crippen LogP contribution >= 0.6 is 0 Å². The number of rotatable bonds is 5. The maximum atomic E-state index is 12.4. The van der Waals surface area contributed by atoms with E-state index in [4.69, 9.17) is 0 Å². The first-order valence-electron chi connectivity index (χ1n) is 9.29. The van der Waals surface area contributed by atoms with Gasteiger partial charge in [0, 0.05) is 51.0 Å². The molecular formula is C18H25N7O. The van der Waals surface area contributed by atoms with Crippen molar-refractivity contribution < 1.29 is 4.79 Å². The molecule has 1 amide bonds. The minimum atomic E-state index is 0.303. The molecule has 0 radical (unpaired) electrons. The lowest BCUT2D eigenvalue weighted by molar-refractivity contribution is -0.134. The third-order valence-corrected chi connectivity index (χ3v) is 5.16. The first-order chi connectivity index (χ1) is 12.6. The van der Waals surface area contributed by atoms with Gasteiger partial charge in [0.25, 0.3) is 0 Å². The van der Waals surface area contributed by atoms with E-state index in [2.05, 4.69) is 37.1 Å². The molecule has 0 aromatic carbocycles. The van der Waals surface area contributed by atoms with Crippen molar-refractivity contribution in [1.82, 2.24) is 24.6 Å². The van der Waals surface area contributed by atoms with Crippen molar-refractivity contribution in [3.05, 3.63) is 24.7 Å². The zero-order valence-corrected chi connectivity index (χ0v) is 15.3. The number of piperazine rings is 1.